The number of rotatable bonds is 8. The lowest BCUT2D eigenvalue weighted by Crippen LogP contribution is -2.64. The van der Waals surface area contributed by atoms with Crippen molar-refractivity contribution >= 4 is 18.2 Å². The van der Waals surface area contributed by atoms with Gasteiger partial charge in [-0.25, -0.2) is 4.79 Å². The van der Waals surface area contributed by atoms with Crippen molar-refractivity contribution in [3.63, 3.8) is 0 Å². The van der Waals surface area contributed by atoms with E-state index in [2.05, 4.69) is 10.6 Å². The first-order chi connectivity index (χ1) is 13.0. The molecule has 1 saturated heterocycles. The molecule has 2 rings (SSSR count). The van der Waals surface area contributed by atoms with Crippen LogP contribution >= 0.6 is 0 Å². The summed E-state index contributed by atoms with van der Waals surface area (Å²) in [7, 11) is 0. The normalized spacial score (nSPS) is 21.8. The molecule has 3 amide bonds. The van der Waals surface area contributed by atoms with E-state index < -0.39 is 17.7 Å². The molecular weight excluding hydrogens is 350 g/mol. The number of ether oxygens (including phenoxy) is 1. The van der Waals surface area contributed by atoms with Crippen molar-refractivity contribution in [1.29, 1.82) is 0 Å². The third kappa shape index (κ3) is 5.90. The number of aliphatic hydroxyl groups is 1. The first-order valence-electron chi connectivity index (χ1n) is 10.1. The molecule has 0 bridgehead atoms. The Balaban J connectivity index is 2.09. The summed E-state index contributed by atoms with van der Waals surface area (Å²) in [5.74, 6) is -0.300. The summed E-state index contributed by atoms with van der Waals surface area (Å²) in [6.45, 7) is 4.02. The molecule has 0 spiro atoms. The molecule has 3 N–H and O–H groups in total. The van der Waals surface area contributed by atoms with Gasteiger partial charge in [-0.1, -0.05) is 39.0 Å². The number of hydrogen-bond acceptors (Lipinski definition) is 5. The van der Waals surface area contributed by atoms with Crippen LogP contribution in [0.4, 0.5) is 4.79 Å². The number of hydrogen-bond donors (Lipinski definition) is 3. The van der Waals surface area contributed by atoms with Gasteiger partial charge in [-0.05, 0) is 19.3 Å². The predicted molar refractivity (Wildman–Crippen MR) is 100 cm³/mol. The van der Waals surface area contributed by atoms with E-state index in [9.17, 15) is 19.5 Å². The van der Waals surface area contributed by atoms with Gasteiger partial charge in [0.25, 0.3) is 0 Å². The number of amides is 3. The number of urea groups is 1. The molecule has 0 aromatic heterocycles. The molecule has 8 nitrogen and oxygen atoms in total. The average molecular weight is 383 g/mol. The van der Waals surface area contributed by atoms with Crippen molar-refractivity contribution in [3.8, 4) is 0 Å². The SMILES string of the molecule is CCCC[C@H](NC(=O)C1(NC(=O)N2CCOCC2)CCCCC1)C(O)C=O. The third-order valence-electron chi connectivity index (χ3n) is 5.52. The first kappa shape index (κ1) is 21.6. The van der Waals surface area contributed by atoms with Crippen molar-refractivity contribution in [2.24, 2.45) is 0 Å². The lowest BCUT2D eigenvalue weighted by molar-refractivity contribution is -0.131. The minimum atomic E-state index is -1.24. The lowest BCUT2D eigenvalue weighted by Gasteiger charge is -2.40. The summed E-state index contributed by atoms with van der Waals surface area (Å²) in [6.07, 6.45) is 5.30. The van der Waals surface area contributed by atoms with Crippen LogP contribution in [0, 0.1) is 0 Å². The maximum atomic E-state index is 13.1. The molecule has 1 unspecified atom stereocenters. The van der Waals surface area contributed by atoms with Gasteiger partial charge in [-0.15, -0.1) is 0 Å². The summed E-state index contributed by atoms with van der Waals surface area (Å²) in [5, 5.41) is 15.8. The van der Waals surface area contributed by atoms with Crippen molar-refractivity contribution in [2.45, 2.75) is 76.0 Å². The molecule has 27 heavy (non-hydrogen) atoms. The third-order valence-corrected chi connectivity index (χ3v) is 5.52. The van der Waals surface area contributed by atoms with Crippen LogP contribution in [0.15, 0.2) is 0 Å². The highest BCUT2D eigenvalue weighted by Crippen LogP contribution is 2.29. The molecule has 1 aliphatic heterocycles. The van der Waals surface area contributed by atoms with E-state index in [1.165, 1.54) is 0 Å². The standard InChI is InChI=1S/C19H33N3O5/c1-2-3-7-15(16(24)14-23)20-17(25)19(8-5-4-6-9-19)21-18(26)22-10-12-27-13-11-22/h14-16,24H,2-13H2,1H3,(H,20,25)(H,21,26)/t15-,16?/m0/s1. The number of carbonyl (C=O) groups excluding carboxylic acids is 3. The largest absolute Gasteiger partial charge is 0.383 e. The van der Waals surface area contributed by atoms with Crippen LogP contribution < -0.4 is 10.6 Å². The second-order valence-corrected chi connectivity index (χ2v) is 7.52. The Labute approximate surface area is 161 Å². The summed E-state index contributed by atoms with van der Waals surface area (Å²) < 4.78 is 5.28. The smallest absolute Gasteiger partial charge is 0.318 e. The fourth-order valence-electron chi connectivity index (χ4n) is 3.77. The number of morpholine rings is 1. The van der Waals surface area contributed by atoms with Crippen LogP contribution in [-0.2, 0) is 14.3 Å². The number of carbonyl (C=O) groups is 3. The minimum Gasteiger partial charge on any atom is -0.383 e. The number of aldehydes is 1. The number of nitrogens with one attached hydrogen (secondary N) is 2. The topological polar surface area (TPSA) is 108 Å². The summed E-state index contributed by atoms with van der Waals surface area (Å²) >= 11 is 0. The highest BCUT2D eigenvalue weighted by atomic mass is 16.5. The van der Waals surface area contributed by atoms with Crippen molar-refractivity contribution < 1.29 is 24.2 Å². The fourth-order valence-corrected chi connectivity index (χ4v) is 3.77. The van der Waals surface area contributed by atoms with Crippen LogP contribution in [0.25, 0.3) is 0 Å². The molecule has 1 aliphatic carbocycles. The van der Waals surface area contributed by atoms with Crippen LogP contribution in [0.1, 0.15) is 58.3 Å². The van der Waals surface area contributed by atoms with Gasteiger partial charge in [0.15, 0.2) is 6.29 Å². The highest BCUT2D eigenvalue weighted by Gasteiger charge is 2.43. The molecule has 0 radical (unpaired) electrons. The monoisotopic (exact) mass is 383 g/mol. The Morgan fingerprint density at radius 3 is 2.48 bits per heavy atom. The van der Waals surface area contributed by atoms with Gasteiger partial charge in [0.05, 0.1) is 19.3 Å². The van der Waals surface area contributed by atoms with E-state index in [4.69, 9.17) is 4.74 Å². The summed E-state index contributed by atoms with van der Waals surface area (Å²) in [5.41, 5.74) is -0.985. The second kappa shape index (κ2) is 10.6. The molecule has 0 aromatic carbocycles. The van der Waals surface area contributed by atoms with E-state index in [1.807, 2.05) is 6.92 Å². The summed E-state index contributed by atoms with van der Waals surface area (Å²) in [4.78, 5) is 38.5. The maximum absolute atomic E-state index is 13.1. The van der Waals surface area contributed by atoms with Gasteiger partial charge in [-0.2, -0.15) is 0 Å². The van der Waals surface area contributed by atoms with E-state index in [0.717, 1.165) is 32.1 Å². The molecule has 1 saturated carbocycles. The molecule has 154 valence electrons. The zero-order valence-electron chi connectivity index (χ0n) is 16.2. The van der Waals surface area contributed by atoms with Gasteiger partial charge in [0, 0.05) is 13.1 Å². The van der Waals surface area contributed by atoms with Crippen LogP contribution in [0.5, 0.6) is 0 Å². The predicted octanol–water partition coefficient (Wildman–Crippen LogP) is 0.966. The van der Waals surface area contributed by atoms with Crippen molar-refractivity contribution in [1.82, 2.24) is 15.5 Å². The molecule has 2 atom stereocenters. The molecule has 1 heterocycles. The zero-order valence-corrected chi connectivity index (χ0v) is 16.2. The van der Waals surface area contributed by atoms with E-state index >= 15 is 0 Å². The minimum absolute atomic E-state index is 0.253. The van der Waals surface area contributed by atoms with Gasteiger partial charge >= 0.3 is 6.03 Å². The second-order valence-electron chi connectivity index (χ2n) is 7.52. The Morgan fingerprint density at radius 1 is 1.22 bits per heavy atom. The Kier molecular flexibility index (Phi) is 8.50. The van der Waals surface area contributed by atoms with Crippen molar-refractivity contribution in [3.05, 3.63) is 0 Å². The first-order valence-corrected chi connectivity index (χ1v) is 10.1. The number of unbranched alkanes of at least 4 members (excludes halogenated alkanes) is 1. The zero-order chi connectivity index (χ0) is 19.7. The molecule has 8 heteroatoms. The Hall–Kier alpha value is -1.67. The number of nitrogens with zero attached hydrogens (tertiary/aromatic N) is 1. The molecule has 2 aliphatic rings. The van der Waals surface area contributed by atoms with E-state index in [1.54, 1.807) is 4.90 Å². The maximum Gasteiger partial charge on any atom is 0.318 e. The summed E-state index contributed by atoms with van der Waals surface area (Å²) in [6, 6.07) is -0.884. The van der Waals surface area contributed by atoms with Gasteiger partial charge in [0.1, 0.15) is 11.6 Å². The fraction of sp³-hybridized carbons (Fsp3) is 0.842. The molecular formula is C19H33N3O5. The van der Waals surface area contributed by atoms with Crippen LogP contribution in [-0.4, -0.2) is 72.2 Å². The Bertz CT molecular complexity index is 502. The van der Waals surface area contributed by atoms with Gasteiger partial charge in [0.2, 0.25) is 5.91 Å². The van der Waals surface area contributed by atoms with E-state index in [0.29, 0.717) is 51.9 Å². The van der Waals surface area contributed by atoms with Crippen molar-refractivity contribution in [2.75, 3.05) is 26.3 Å². The average Bonchev–Trinajstić information content (AvgIpc) is 2.71. The van der Waals surface area contributed by atoms with Gasteiger partial charge in [-0.3, -0.25) is 4.79 Å². The molecule has 0 aromatic rings. The van der Waals surface area contributed by atoms with Crippen LogP contribution in [0.2, 0.25) is 0 Å². The highest BCUT2D eigenvalue weighted by molar-refractivity contribution is 5.91. The Morgan fingerprint density at radius 2 is 1.89 bits per heavy atom. The number of aliphatic hydroxyl groups excluding tert-OH is 1. The van der Waals surface area contributed by atoms with Gasteiger partial charge < -0.3 is 30.2 Å². The van der Waals surface area contributed by atoms with Crippen LogP contribution in [0.3, 0.4) is 0 Å². The lowest BCUT2D eigenvalue weighted by atomic mass is 9.80. The molecule has 2 fully saturated rings. The van der Waals surface area contributed by atoms with E-state index in [-0.39, 0.29) is 11.9 Å². The quantitative estimate of drug-likeness (QED) is 0.541.